The molecule has 0 radical (unpaired) electrons. The fraction of sp³-hybridized carbons (Fsp3) is 0.733. The van der Waals surface area contributed by atoms with Crippen molar-refractivity contribution in [3.63, 3.8) is 0 Å². The number of aliphatic hydroxyl groups is 1. The third kappa shape index (κ3) is 8.88. The zero-order chi connectivity index (χ0) is 18.7. The van der Waals surface area contributed by atoms with E-state index in [1.807, 2.05) is 0 Å². The zero-order valence-electron chi connectivity index (χ0n) is 14.4. The van der Waals surface area contributed by atoms with Gasteiger partial charge in [-0.05, 0) is 13.8 Å². The van der Waals surface area contributed by atoms with Crippen LogP contribution in [0.15, 0.2) is 0 Å². The molecule has 0 saturated heterocycles. The number of amides is 1. The number of carbonyl (C=O) groups is 4. The highest BCUT2D eigenvalue weighted by atomic mass is 32.2. The summed E-state index contributed by atoms with van der Waals surface area (Å²) < 4.78 is 9.46. The monoisotopic (exact) mass is 363 g/mol. The first kappa shape index (κ1) is 22.4. The van der Waals surface area contributed by atoms with Crippen LogP contribution >= 0.6 is 11.8 Å². The summed E-state index contributed by atoms with van der Waals surface area (Å²) in [6, 6.07) is -0.978. The highest BCUT2D eigenvalue weighted by Gasteiger charge is 2.26. The Balaban J connectivity index is 4.58. The molecule has 0 rings (SSSR count). The quantitative estimate of drug-likeness (QED) is 0.531. The molecule has 0 aromatic rings. The summed E-state index contributed by atoms with van der Waals surface area (Å²) in [5.74, 6) is -2.23. The Hall–Kier alpha value is -1.61. The van der Waals surface area contributed by atoms with Crippen molar-refractivity contribution in [2.45, 2.75) is 46.3 Å². The summed E-state index contributed by atoms with van der Waals surface area (Å²) in [5.41, 5.74) is 0. The molecule has 0 aromatic heterocycles. The van der Waals surface area contributed by atoms with Gasteiger partial charge in [0.1, 0.15) is 6.04 Å². The van der Waals surface area contributed by atoms with E-state index in [1.165, 1.54) is 0 Å². The van der Waals surface area contributed by atoms with Crippen LogP contribution in [0.5, 0.6) is 0 Å². The number of hydrogen-bond donors (Lipinski definition) is 2. The molecular formula is C15H25NO7S. The van der Waals surface area contributed by atoms with Crippen LogP contribution in [-0.2, 0) is 28.7 Å². The van der Waals surface area contributed by atoms with Crippen LogP contribution in [-0.4, -0.2) is 59.2 Å². The molecule has 0 bridgehead atoms. The molecule has 138 valence electrons. The molecule has 0 aliphatic heterocycles. The molecule has 24 heavy (non-hydrogen) atoms. The minimum atomic E-state index is -1.55. The largest absolute Gasteiger partial charge is 0.464 e. The number of esters is 2. The van der Waals surface area contributed by atoms with Crippen molar-refractivity contribution in [3.05, 3.63) is 0 Å². The summed E-state index contributed by atoms with van der Waals surface area (Å²) in [7, 11) is 0. The first-order valence-corrected chi connectivity index (χ1v) is 8.68. The van der Waals surface area contributed by atoms with Crippen LogP contribution in [0.3, 0.4) is 0 Å². The second kappa shape index (κ2) is 11.9. The lowest BCUT2D eigenvalue weighted by atomic mass is 10.2. The van der Waals surface area contributed by atoms with Gasteiger partial charge in [-0.25, -0.2) is 9.59 Å². The number of ether oxygens (including phenoxy) is 2. The standard InChI is InChI=1S/C15H25NO7S/c1-5-22-14(20)10(16-13(19)9(3)4)8-24-12(18)7-11(17)15(21)23-6-2/h9-11,17H,5-8H2,1-4H3,(H,16,19). The maximum atomic E-state index is 11.8. The number of thioether (sulfide) groups is 1. The molecule has 0 aliphatic carbocycles. The van der Waals surface area contributed by atoms with Crippen molar-refractivity contribution in [3.8, 4) is 0 Å². The maximum absolute atomic E-state index is 11.8. The van der Waals surface area contributed by atoms with Gasteiger partial charge in [0.2, 0.25) is 5.91 Å². The second-order valence-electron chi connectivity index (χ2n) is 5.12. The van der Waals surface area contributed by atoms with Crippen molar-refractivity contribution < 1.29 is 33.8 Å². The van der Waals surface area contributed by atoms with Crippen LogP contribution in [0.4, 0.5) is 0 Å². The lowest BCUT2D eigenvalue weighted by molar-refractivity contribution is -0.154. The maximum Gasteiger partial charge on any atom is 0.335 e. The summed E-state index contributed by atoms with van der Waals surface area (Å²) >= 11 is 0.734. The molecule has 0 saturated carbocycles. The van der Waals surface area contributed by atoms with Crippen LogP contribution in [0, 0.1) is 5.92 Å². The van der Waals surface area contributed by atoms with Gasteiger partial charge in [-0.3, -0.25) is 9.59 Å². The van der Waals surface area contributed by atoms with Crippen LogP contribution in [0.1, 0.15) is 34.1 Å². The van der Waals surface area contributed by atoms with Crippen molar-refractivity contribution in [2.75, 3.05) is 19.0 Å². The van der Waals surface area contributed by atoms with Gasteiger partial charge in [0.05, 0.1) is 19.6 Å². The minimum Gasteiger partial charge on any atom is -0.464 e. The van der Waals surface area contributed by atoms with E-state index in [9.17, 15) is 24.3 Å². The molecule has 0 aromatic carbocycles. The Bertz CT molecular complexity index is 453. The second-order valence-corrected chi connectivity index (χ2v) is 6.20. The van der Waals surface area contributed by atoms with Crippen LogP contribution < -0.4 is 5.32 Å². The molecule has 1 amide bonds. The van der Waals surface area contributed by atoms with Gasteiger partial charge in [0, 0.05) is 11.7 Å². The predicted octanol–water partition coefficient (Wildman–Crippen LogP) is 0.264. The van der Waals surface area contributed by atoms with E-state index in [2.05, 4.69) is 10.1 Å². The highest BCUT2D eigenvalue weighted by Crippen LogP contribution is 2.12. The van der Waals surface area contributed by atoms with Gasteiger partial charge < -0.3 is 19.9 Å². The van der Waals surface area contributed by atoms with E-state index in [0.717, 1.165) is 11.8 Å². The number of rotatable bonds is 10. The first-order chi connectivity index (χ1) is 11.2. The molecule has 0 heterocycles. The summed E-state index contributed by atoms with van der Waals surface area (Å²) in [5, 5.41) is 11.5. The topological polar surface area (TPSA) is 119 Å². The van der Waals surface area contributed by atoms with Gasteiger partial charge in [-0.1, -0.05) is 25.6 Å². The van der Waals surface area contributed by atoms with Crippen LogP contribution in [0.25, 0.3) is 0 Å². The smallest absolute Gasteiger partial charge is 0.335 e. The van der Waals surface area contributed by atoms with Crippen molar-refractivity contribution >= 4 is 34.7 Å². The Morgan fingerprint density at radius 1 is 1.04 bits per heavy atom. The molecule has 8 nitrogen and oxygen atoms in total. The van der Waals surface area contributed by atoms with E-state index >= 15 is 0 Å². The summed E-state index contributed by atoms with van der Waals surface area (Å²) in [6.45, 7) is 6.81. The van der Waals surface area contributed by atoms with Gasteiger partial charge in [0.25, 0.3) is 0 Å². The highest BCUT2D eigenvalue weighted by molar-refractivity contribution is 8.13. The van der Waals surface area contributed by atoms with E-state index < -0.39 is 35.6 Å². The van der Waals surface area contributed by atoms with E-state index in [0.29, 0.717) is 0 Å². The SMILES string of the molecule is CCOC(=O)C(O)CC(=O)SCC(NC(=O)C(C)C)C(=O)OCC. The van der Waals surface area contributed by atoms with E-state index in [1.54, 1.807) is 27.7 Å². The third-order valence-electron chi connectivity index (χ3n) is 2.74. The predicted molar refractivity (Wildman–Crippen MR) is 88.1 cm³/mol. The number of nitrogens with one attached hydrogen (secondary N) is 1. The molecule has 9 heteroatoms. The average Bonchev–Trinajstić information content (AvgIpc) is 2.51. The fourth-order valence-corrected chi connectivity index (χ4v) is 2.31. The molecular weight excluding hydrogens is 338 g/mol. The van der Waals surface area contributed by atoms with Gasteiger partial charge in [-0.15, -0.1) is 0 Å². The van der Waals surface area contributed by atoms with E-state index in [-0.39, 0.29) is 30.8 Å². The Morgan fingerprint density at radius 2 is 1.58 bits per heavy atom. The molecule has 0 spiro atoms. The van der Waals surface area contributed by atoms with Crippen molar-refractivity contribution in [2.24, 2.45) is 5.92 Å². The normalized spacial score (nSPS) is 13.1. The Morgan fingerprint density at radius 3 is 2.08 bits per heavy atom. The average molecular weight is 363 g/mol. The van der Waals surface area contributed by atoms with Crippen molar-refractivity contribution in [1.29, 1.82) is 0 Å². The van der Waals surface area contributed by atoms with Gasteiger partial charge in [-0.2, -0.15) is 0 Å². The molecule has 0 aliphatic rings. The zero-order valence-corrected chi connectivity index (χ0v) is 15.2. The first-order valence-electron chi connectivity index (χ1n) is 7.70. The van der Waals surface area contributed by atoms with Gasteiger partial charge in [0.15, 0.2) is 11.2 Å². The lowest BCUT2D eigenvalue weighted by Gasteiger charge is -2.18. The molecule has 0 fully saturated rings. The molecule has 2 atom stereocenters. The number of carbonyl (C=O) groups excluding carboxylic acids is 4. The third-order valence-corrected chi connectivity index (χ3v) is 3.73. The Labute approximate surface area is 145 Å². The summed E-state index contributed by atoms with van der Waals surface area (Å²) in [6.07, 6.45) is -1.98. The van der Waals surface area contributed by atoms with Gasteiger partial charge >= 0.3 is 11.9 Å². The van der Waals surface area contributed by atoms with Crippen LogP contribution in [0.2, 0.25) is 0 Å². The Kier molecular flexibility index (Phi) is 11.1. The van der Waals surface area contributed by atoms with E-state index in [4.69, 9.17) is 4.74 Å². The van der Waals surface area contributed by atoms with Crippen molar-refractivity contribution in [1.82, 2.24) is 5.32 Å². The fourth-order valence-electron chi connectivity index (χ4n) is 1.46. The number of aliphatic hydroxyl groups excluding tert-OH is 1. The lowest BCUT2D eigenvalue weighted by Crippen LogP contribution is -2.45. The molecule has 2 unspecified atom stereocenters. The minimum absolute atomic E-state index is 0.0499. The summed E-state index contributed by atoms with van der Waals surface area (Å²) in [4.78, 5) is 46.6. The molecule has 2 N–H and O–H groups in total. The number of hydrogen-bond acceptors (Lipinski definition) is 8.